The van der Waals surface area contributed by atoms with Crippen molar-refractivity contribution in [2.24, 2.45) is 26.6 Å². The molecular formula is C42H61N7O8S. The van der Waals surface area contributed by atoms with Gasteiger partial charge >= 0.3 is 18.0 Å². The molecule has 0 spiro atoms. The molecule has 0 aliphatic carbocycles. The van der Waals surface area contributed by atoms with Crippen LogP contribution < -0.4 is 16.0 Å². The lowest BCUT2D eigenvalue weighted by Crippen LogP contribution is -2.34. The number of hydrogen-bond acceptors (Lipinski definition) is 13. The Morgan fingerprint density at radius 1 is 1.00 bits per heavy atom. The maximum absolute atomic E-state index is 14.0. The summed E-state index contributed by atoms with van der Waals surface area (Å²) in [6.07, 6.45) is 8.39. The number of allylic oxidation sites excluding steroid dienone is 2. The number of nitrogens with one attached hydrogen (secondary N) is 1. The van der Waals surface area contributed by atoms with Gasteiger partial charge < -0.3 is 34.7 Å². The molecule has 2 aromatic rings. The van der Waals surface area contributed by atoms with Gasteiger partial charge in [-0.25, -0.2) is 9.79 Å². The Labute approximate surface area is 347 Å². The third-order valence-corrected chi connectivity index (χ3v) is 8.11. The fourth-order valence-electron chi connectivity index (χ4n) is 5.05. The molecule has 0 radical (unpaired) electrons. The molecule has 0 aromatic heterocycles. The quantitative estimate of drug-likeness (QED) is 0.0185. The number of nitrogens with zero attached hydrogens (tertiary/aromatic N) is 5. The second-order valence-corrected chi connectivity index (χ2v) is 13.3. The lowest BCUT2D eigenvalue weighted by atomic mass is 10.1. The van der Waals surface area contributed by atoms with Gasteiger partial charge in [-0.2, -0.15) is 4.99 Å². The number of likely N-dealkylation sites (N-methyl/N-ethyl adjacent to an activating group) is 1. The van der Waals surface area contributed by atoms with Crippen LogP contribution in [0.15, 0.2) is 82.0 Å². The smallest absolute Gasteiger partial charge is 0.435 e. The van der Waals surface area contributed by atoms with Gasteiger partial charge in [-0.05, 0) is 80.6 Å². The van der Waals surface area contributed by atoms with E-state index in [1.165, 1.54) is 17.2 Å². The van der Waals surface area contributed by atoms with Crippen molar-refractivity contribution in [1.82, 2.24) is 4.90 Å². The summed E-state index contributed by atoms with van der Waals surface area (Å²) in [5.74, 6) is -1.47. The highest BCUT2D eigenvalue weighted by Crippen LogP contribution is 2.30. The maximum atomic E-state index is 14.0. The first-order valence-electron chi connectivity index (χ1n) is 19.2. The maximum Gasteiger partial charge on any atom is 0.435 e. The Balaban J connectivity index is 0.00000542. The van der Waals surface area contributed by atoms with E-state index in [1.807, 2.05) is 24.1 Å². The predicted molar refractivity (Wildman–Crippen MR) is 235 cm³/mol. The van der Waals surface area contributed by atoms with Gasteiger partial charge in [0.05, 0.1) is 24.4 Å². The molecule has 0 aliphatic rings. The molecule has 1 unspecified atom stereocenters. The van der Waals surface area contributed by atoms with Crippen LogP contribution in [0.5, 0.6) is 0 Å². The molecule has 0 bridgehead atoms. The van der Waals surface area contributed by atoms with Gasteiger partial charge in [0.25, 0.3) is 5.91 Å². The average molecular weight is 824 g/mol. The van der Waals surface area contributed by atoms with Crippen LogP contribution in [0.2, 0.25) is 0 Å². The first kappa shape index (κ1) is 50.5. The SMILES string of the molecule is C=C/C=C(\N=C/C)N(CCC(=O)OC(OC(=O)CC)C(C)C)C(=O)c1ccc(N(C)CCNc2ccc(/C(N)=N/C(=O)OCCCCCC)cc2)c(N=C)c1.CSO. The van der Waals surface area contributed by atoms with Crippen molar-refractivity contribution < 1.29 is 37.9 Å². The monoisotopic (exact) mass is 823 g/mol. The molecule has 0 saturated carbocycles. The zero-order chi connectivity index (χ0) is 43.5. The van der Waals surface area contributed by atoms with Crippen LogP contribution in [0.1, 0.15) is 89.1 Å². The number of carbonyl (C=O) groups excluding carboxylic acids is 4. The van der Waals surface area contributed by atoms with Crippen LogP contribution in [0.4, 0.5) is 21.9 Å². The second kappa shape index (κ2) is 28.8. The van der Waals surface area contributed by atoms with Crippen LogP contribution in [0, 0.1) is 5.92 Å². The van der Waals surface area contributed by atoms with Gasteiger partial charge in [-0.15, -0.1) is 0 Å². The Hall–Kier alpha value is -5.48. The third kappa shape index (κ3) is 18.6. The Morgan fingerprint density at radius 2 is 1.66 bits per heavy atom. The second-order valence-electron chi connectivity index (χ2n) is 12.9. The summed E-state index contributed by atoms with van der Waals surface area (Å²) in [4.78, 5) is 66.4. The van der Waals surface area contributed by atoms with Gasteiger partial charge in [0.15, 0.2) is 0 Å². The minimum atomic E-state index is -1.05. The van der Waals surface area contributed by atoms with E-state index in [-0.39, 0.29) is 37.0 Å². The highest BCUT2D eigenvalue weighted by molar-refractivity contribution is 7.93. The Kier molecular flexibility index (Phi) is 25.1. The topological polar surface area (TPSA) is 198 Å². The minimum Gasteiger partial charge on any atom is -0.448 e. The number of rotatable bonds is 23. The van der Waals surface area contributed by atoms with E-state index in [2.05, 4.69) is 40.5 Å². The number of aliphatic imine (C=N–C) groups is 3. The summed E-state index contributed by atoms with van der Waals surface area (Å²) in [5.41, 5.74) is 9.00. The standard InChI is InChI=1S/C41H57N7O7.CH4OS/c1-9-13-14-15-27-53-41(52)46-38(42)30-17-20-32(21-18-30)45-24-26-47(8)34-22-19-31(28-33(34)43-7)39(51)48(35(16-10-2)44-12-4)25-23-37(50)55-40(29(5)6)54-36(49)11-3;1-3-2/h10,12,16-22,28-29,40,45H,2,7,9,11,13-15,23-27H2,1,3-6,8H3,(H2,42,46,52);2H,1H3/b35-16+,44-12-;. The number of nitrogens with two attached hydrogens (primary N) is 1. The van der Waals surface area contributed by atoms with Crippen molar-refractivity contribution in [1.29, 1.82) is 0 Å². The van der Waals surface area contributed by atoms with Crippen molar-refractivity contribution in [3.05, 3.63) is 78.1 Å². The summed E-state index contributed by atoms with van der Waals surface area (Å²) < 4.78 is 23.3. The van der Waals surface area contributed by atoms with Crippen LogP contribution in [-0.4, -0.2) is 98.0 Å². The molecule has 2 rings (SSSR count). The molecule has 15 nitrogen and oxygen atoms in total. The molecule has 4 N–H and O–H groups in total. The molecule has 58 heavy (non-hydrogen) atoms. The number of ether oxygens (including phenoxy) is 3. The van der Waals surface area contributed by atoms with Crippen LogP contribution >= 0.6 is 12.0 Å². The van der Waals surface area contributed by atoms with Gasteiger partial charge in [-0.1, -0.05) is 59.6 Å². The molecule has 2 amide bonds. The number of anilines is 2. The van der Waals surface area contributed by atoms with Gasteiger partial charge in [0.2, 0.25) is 6.29 Å². The summed E-state index contributed by atoms with van der Waals surface area (Å²) >= 11 is 0.750. The first-order chi connectivity index (χ1) is 27.8. The van der Waals surface area contributed by atoms with Crippen LogP contribution in [0.25, 0.3) is 0 Å². The van der Waals surface area contributed by atoms with Crippen molar-refractivity contribution in [3.8, 4) is 0 Å². The zero-order valence-corrected chi connectivity index (χ0v) is 35.8. The number of amidine groups is 1. The summed E-state index contributed by atoms with van der Waals surface area (Å²) in [6.45, 7) is 17.9. The summed E-state index contributed by atoms with van der Waals surface area (Å²) in [7, 11) is 1.90. The Morgan fingerprint density at radius 3 is 2.24 bits per heavy atom. The van der Waals surface area contributed by atoms with Crippen molar-refractivity contribution >= 4 is 71.8 Å². The lowest BCUT2D eigenvalue weighted by molar-refractivity contribution is -0.195. The molecular weight excluding hydrogens is 763 g/mol. The minimum absolute atomic E-state index is 0.0719. The lowest BCUT2D eigenvalue weighted by Gasteiger charge is -2.25. The van der Waals surface area contributed by atoms with Gasteiger partial charge in [0.1, 0.15) is 11.7 Å². The van der Waals surface area contributed by atoms with Crippen molar-refractivity contribution in [2.45, 2.75) is 79.4 Å². The molecule has 0 saturated heterocycles. The molecule has 2 aromatic carbocycles. The number of benzene rings is 2. The number of carbonyl (C=O) groups is 4. The molecule has 0 heterocycles. The summed E-state index contributed by atoms with van der Waals surface area (Å²) in [5, 5.41) is 3.36. The average Bonchev–Trinajstić information content (AvgIpc) is 3.20. The molecule has 0 fully saturated rings. The van der Waals surface area contributed by atoms with E-state index in [4.69, 9.17) is 24.5 Å². The zero-order valence-electron chi connectivity index (χ0n) is 34.9. The Bertz CT molecular complexity index is 1710. The molecule has 318 valence electrons. The fraction of sp³-hybridized carbons (Fsp3) is 0.452. The van der Waals surface area contributed by atoms with Crippen molar-refractivity contribution in [3.63, 3.8) is 0 Å². The first-order valence-corrected chi connectivity index (χ1v) is 20.3. The number of unbranched alkanes of at least 4 members (excludes halogenated alkanes) is 3. The van der Waals surface area contributed by atoms with Crippen LogP contribution in [0.3, 0.4) is 0 Å². The highest BCUT2D eigenvalue weighted by atomic mass is 32.2. The van der Waals surface area contributed by atoms with Crippen molar-refractivity contribution in [2.75, 3.05) is 49.8 Å². The molecule has 0 aliphatic heterocycles. The molecule has 16 heteroatoms. The largest absolute Gasteiger partial charge is 0.448 e. The number of hydrogen-bond donors (Lipinski definition) is 3. The van der Waals surface area contributed by atoms with Gasteiger partial charge in [0, 0.05) is 68.3 Å². The fourth-order valence-corrected chi connectivity index (χ4v) is 5.05. The van der Waals surface area contributed by atoms with E-state index in [9.17, 15) is 19.2 Å². The van der Waals surface area contributed by atoms with Crippen LogP contribution in [-0.2, 0) is 23.8 Å². The number of amides is 2. The highest BCUT2D eigenvalue weighted by Gasteiger charge is 2.25. The van der Waals surface area contributed by atoms with Gasteiger partial charge in [-0.3, -0.25) is 24.3 Å². The predicted octanol–water partition coefficient (Wildman–Crippen LogP) is 8.24. The van der Waals surface area contributed by atoms with E-state index < -0.39 is 30.2 Å². The molecule has 1 atom stereocenters. The normalized spacial score (nSPS) is 11.9. The van der Waals surface area contributed by atoms with E-state index >= 15 is 0 Å². The van der Waals surface area contributed by atoms with E-state index in [0.29, 0.717) is 36.5 Å². The van der Waals surface area contributed by atoms with E-state index in [1.54, 1.807) is 70.4 Å². The summed E-state index contributed by atoms with van der Waals surface area (Å²) in [6, 6.07) is 12.3. The number of esters is 2. The van der Waals surface area contributed by atoms with E-state index in [0.717, 1.165) is 49.1 Å². The third-order valence-electron chi connectivity index (χ3n) is 8.11.